The zero-order valence-corrected chi connectivity index (χ0v) is 10.5. The summed E-state index contributed by atoms with van der Waals surface area (Å²) in [7, 11) is 0. The number of hydrogen-bond donors (Lipinski definition) is 2. The monoisotopic (exact) mass is 247 g/mol. The molecule has 1 aromatic carbocycles. The maximum absolute atomic E-state index is 11.0. The van der Waals surface area contributed by atoms with Crippen LogP contribution in [0, 0.1) is 13.8 Å². The van der Waals surface area contributed by atoms with Gasteiger partial charge in [-0.05, 0) is 42.5 Å². The first-order valence-corrected chi connectivity index (χ1v) is 6.11. The van der Waals surface area contributed by atoms with Gasteiger partial charge in [0.15, 0.2) is 0 Å². The SMILES string of the molecule is Cc1cccc(Nc2ccsc2C(=O)O)c1C. The van der Waals surface area contributed by atoms with E-state index in [2.05, 4.69) is 5.32 Å². The van der Waals surface area contributed by atoms with Crippen LogP contribution < -0.4 is 5.32 Å². The molecule has 0 aliphatic carbocycles. The minimum Gasteiger partial charge on any atom is -0.477 e. The van der Waals surface area contributed by atoms with E-state index in [9.17, 15) is 4.79 Å². The van der Waals surface area contributed by atoms with Crippen LogP contribution in [0.15, 0.2) is 29.6 Å². The van der Waals surface area contributed by atoms with E-state index in [4.69, 9.17) is 5.11 Å². The lowest BCUT2D eigenvalue weighted by atomic mass is 10.1. The van der Waals surface area contributed by atoms with Crippen molar-refractivity contribution in [2.45, 2.75) is 13.8 Å². The number of anilines is 2. The summed E-state index contributed by atoms with van der Waals surface area (Å²) in [6.45, 7) is 4.05. The van der Waals surface area contributed by atoms with Gasteiger partial charge in [-0.2, -0.15) is 0 Å². The summed E-state index contributed by atoms with van der Waals surface area (Å²) in [5.41, 5.74) is 3.92. The van der Waals surface area contributed by atoms with Crippen LogP contribution in [0.1, 0.15) is 20.8 Å². The number of hydrogen-bond acceptors (Lipinski definition) is 3. The Hall–Kier alpha value is -1.81. The Morgan fingerprint density at radius 3 is 2.71 bits per heavy atom. The van der Waals surface area contributed by atoms with Crippen LogP contribution in [-0.2, 0) is 0 Å². The summed E-state index contributed by atoms with van der Waals surface area (Å²) in [4.78, 5) is 11.3. The molecule has 3 nitrogen and oxygen atoms in total. The standard InChI is InChI=1S/C13H13NO2S/c1-8-4-3-5-10(9(8)2)14-11-6-7-17-12(11)13(15)16/h3-7,14H,1-2H3,(H,15,16). The molecule has 88 valence electrons. The van der Waals surface area contributed by atoms with Gasteiger partial charge in [-0.1, -0.05) is 12.1 Å². The molecule has 0 spiro atoms. The summed E-state index contributed by atoms with van der Waals surface area (Å²) in [5.74, 6) is -0.896. The number of nitrogens with one attached hydrogen (secondary N) is 1. The van der Waals surface area contributed by atoms with Crippen LogP contribution in [-0.4, -0.2) is 11.1 Å². The van der Waals surface area contributed by atoms with Gasteiger partial charge in [-0.3, -0.25) is 0 Å². The predicted octanol–water partition coefficient (Wildman–Crippen LogP) is 3.81. The lowest BCUT2D eigenvalue weighted by Crippen LogP contribution is -2.00. The zero-order valence-electron chi connectivity index (χ0n) is 9.65. The van der Waals surface area contributed by atoms with Gasteiger partial charge in [0.25, 0.3) is 0 Å². The lowest BCUT2D eigenvalue weighted by Gasteiger charge is -2.10. The van der Waals surface area contributed by atoms with Gasteiger partial charge in [0.2, 0.25) is 0 Å². The van der Waals surface area contributed by atoms with Gasteiger partial charge in [0.1, 0.15) is 4.88 Å². The average molecular weight is 247 g/mol. The van der Waals surface area contributed by atoms with Crippen molar-refractivity contribution in [1.29, 1.82) is 0 Å². The highest BCUT2D eigenvalue weighted by Crippen LogP contribution is 2.28. The molecule has 1 aromatic heterocycles. The van der Waals surface area contributed by atoms with Crippen LogP contribution in [0.25, 0.3) is 0 Å². The van der Waals surface area contributed by atoms with Gasteiger partial charge in [0.05, 0.1) is 5.69 Å². The van der Waals surface area contributed by atoms with E-state index < -0.39 is 5.97 Å². The normalized spacial score (nSPS) is 10.2. The average Bonchev–Trinajstić information content (AvgIpc) is 2.73. The molecule has 0 fully saturated rings. The molecule has 0 aliphatic rings. The first kappa shape index (κ1) is 11.7. The van der Waals surface area contributed by atoms with Gasteiger partial charge in [-0.15, -0.1) is 11.3 Å². The Bertz CT molecular complexity index is 560. The van der Waals surface area contributed by atoms with E-state index in [0.29, 0.717) is 10.6 Å². The number of carboxylic acid groups (broad SMARTS) is 1. The van der Waals surface area contributed by atoms with Crippen molar-refractivity contribution in [1.82, 2.24) is 0 Å². The number of benzene rings is 1. The van der Waals surface area contributed by atoms with E-state index in [-0.39, 0.29) is 0 Å². The van der Waals surface area contributed by atoms with Gasteiger partial charge in [-0.25, -0.2) is 4.79 Å². The molecule has 1 heterocycles. The van der Waals surface area contributed by atoms with Crippen LogP contribution >= 0.6 is 11.3 Å². The molecule has 0 amide bonds. The third-order valence-electron chi connectivity index (χ3n) is 2.73. The second-order valence-electron chi connectivity index (χ2n) is 3.84. The molecule has 17 heavy (non-hydrogen) atoms. The fourth-order valence-corrected chi connectivity index (χ4v) is 2.29. The highest BCUT2D eigenvalue weighted by Gasteiger charge is 2.12. The highest BCUT2D eigenvalue weighted by atomic mass is 32.1. The van der Waals surface area contributed by atoms with Crippen molar-refractivity contribution in [2.24, 2.45) is 0 Å². The van der Waals surface area contributed by atoms with E-state index in [1.807, 2.05) is 32.0 Å². The fraction of sp³-hybridized carbons (Fsp3) is 0.154. The van der Waals surface area contributed by atoms with Gasteiger partial charge >= 0.3 is 5.97 Å². The van der Waals surface area contributed by atoms with Crippen molar-refractivity contribution >= 4 is 28.7 Å². The fourth-order valence-electron chi connectivity index (χ4n) is 1.60. The number of aryl methyl sites for hydroxylation is 1. The Balaban J connectivity index is 2.35. The van der Waals surface area contributed by atoms with Crippen molar-refractivity contribution in [3.8, 4) is 0 Å². The molecular formula is C13H13NO2S. The minimum atomic E-state index is -0.896. The topological polar surface area (TPSA) is 49.3 Å². The number of carboxylic acids is 1. The summed E-state index contributed by atoms with van der Waals surface area (Å²) < 4.78 is 0. The second kappa shape index (κ2) is 4.59. The second-order valence-corrected chi connectivity index (χ2v) is 4.76. The highest BCUT2D eigenvalue weighted by molar-refractivity contribution is 7.12. The predicted molar refractivity (Wildman–Crippen MR) is 70.5 cm³/mol. The molecule has 0 bridgehead atoms. The summed E-state index contributed by atoms with van der Waals surface area (Å²) in [5, 5.41) is 14.0. The molecule has 0 saturated carbocycles. The van der Waals surface area contributed by atoms with E-state index >= 15 is 0 Å². The maximum Gasteiger partial charge on any atom is 0.348 e. The smallest absolute Gasteiger partial charge is 0.348 e. The molecular weight excluding hydrogens is 234 g/mol. The lowest BCUT2D eigenvalue weighted by molar-refractivity contribution is 0.0703. The Labute approximate surface area is 104 Å². The summed E-state index contributed by atoms with van der Waals surface area (Å²) in [6.07, 6.45) is 0. The maximum atomic E-state index is 11.0. The number of rotatable bonds is 3. The van der Waals surface area contributed by atoms with Gasteiger partial charge < -0.3 is 10.4 Å². The van der Waals surface area contributed by atoms with Crippen molar-refractivity contribution in [3.05, 3.63) is 45.6 Å². The Kier molecular flexibility index (Phi) is 3.15. The molecule has 2 rings (SSSR count). The number of thiophene rings is 1. The summed E-state index contributed by atoms with van der Waals surface area (Å²) >= 11 is 1.22. The molecule has 2 N–H and O–H groups in total. The molecule has 0 atom stereocenters. The van der Waals surface area contributed by atoms with E-state index in [1.54, 1.807) is 11.4 Å². The van der Waals surface area contributed by atoms with E-state index in [0.717, 1.165) is 11.3 Å². The third-order valence-corrected chi connectivity index (χ3v) is 3.64. The number of aromatic carboxylic acids is 1. The zero-order chi connectivity index (χ0) is 12.4. The molecule has 0 aliphatic heterocycles. The van der Waals surface area contributed by atoms with E-state index in [1.165, 1.54) is 16.9 Å². The quantitative estimate of drug-likeness (QED) is 0.867. The largest absolute Gasteiger partial charge is 0.477 e. The molecule has 0 saturated heterocycles. The van der Waals surface area contributed by atoms with Gasteiger partial charge in [0, 0.05) is 5.69 Å². The van der Waals surface area contributed by atoms with Crippen LogP contribution in [0.4, 0.5) is 11.4 Å². The van der Waals surface area contributed by atoms with Crippen LogP contribution in [0.3, 0.4) is 0 Å². The summed E-state index contributed by atoms with van der Waals surface area (Å²) in [6, 6.07) is 7.73. The van der Waals surface area contributed by atoms with Crippen molar-refractivity contribution < 1.29 is 9.90 Å². The molecule has 0 unspecified atom stereocenters. The third kappa shape index (κ3) is 2.31. The first-order valence-electron chi connectivity index (χ1n) is 5.23. The van der Waals surface area contributed by atoms with Crippen LogP contribution in [0.2, 0.25) is 0 Å². The first-order chi connectivity index (χ1) is 8.09. The van der Waals surface area contributed by atoms with Crippen molar-refractivity contribution in [3.63, 3.8) is 0 Å². The number of carbonyl (C=O) groups is 1. The minimum absolute atomic E-state index is 0.339. The molecule has 2 aromatic rings. The van der Waals surface area contributed by atoms with Crippen LogP contribution in [0.5, 0.6) is 0 Å². The Morgan fingerprint density at radius 1 is 1.24 bits per heavy atom. The Morgan fingerprint density at radius 2 is 2.00 bits per heavy atom. The van der Waals surface area contributed by atoms with Crippen molar-refractivity contribution in [2.75, 3.05) is 5.32 Å². The molecule has 0 radical (unpaired) electrons. The molecule has 4 heteroatoms.